The predicted octanol–water partition coefficient (Wildman–Crippen LogP) is 0.901. The number of hydrogen-bond donors (Lipinski definition) is 1. The second kappa shape index (κ2) is 6.38. The molecule has 1 N–H and O–H groups in total. The average molecular weight is 255 g/mol. The molecule has 1 unspecified atom stereocenters. The van der Waals surface area contributed by atoms with Crippen molar-refractivity contribution in [1.82, 2.24) is 15.1 Å². The molecule has 2 heterocycles. The lowest BCUT2D eigenvalue weighted by Gasteiger charge is -2.36. The zero-order chi connectivity index (χ0) is 13.0. The molecular formula is C13H25N3O2. The van der Waals surface area contributed by atoms with Crippen molar-refractivity contribution in [3.63, 3.8) is 0 Å². The van der Waals surface area contributed by atoms with E-state index in [-0.39, 0.29) is 6.03 Å². The molecule has 104 valence electrons. The van der Waals surface area contributed by atoms with Crippen LogP contribution in [0.3, 0.4) is 0 Å². The van der Waals surface area contributed by atoms with Gasteiger partial charge < -0.3 is 19.9 Å². The summed E-state index contributed by atoms with van der Waals surface area (Å²) in [6.45, 7) is 3.48. The van der Waals surface area contributed by atoms with Crippen LogP contribution in [0.15, 0.2) is 0 Å². The van der Waals surface area contributed by atoms with Crippen LogP contribution < -0.4 is 5.32 Å². The Kier molecular flexibility index (Phi) is 4.83. The molecule has 2 saturated heterocycles. The molecule has 2 amide bonds. The first kappa shape index (κ1) is 13.6. The van der Waals surface area contributed by atoms with Gasteiger partial charge in [0.05, 0.1) is 6.61 Å². The van der Waals surface area contributed by atoms with Gasteiger partial charge in [0, 0.05) is 45.9 Å². The van der Waals surface area contributed by atoms with E-state index in [4.69, 9.17) is 4.74 Å². The van der Waals surface area contributed by atoms with Crippen molar-refractivity contribution in [2.75, 3.05) is 40.4 Å². The van der Waals surface area contributed by atoms with Crippen molar-refractivity contribution in [2.45, 2.75) is 37.8 Å². The van der Waals surface area contributed by atoms with E-state index in [1.807, 2.05) is 19.0 Å². The van der Waals surface area contributed by atoms with E-state index in [9.17, 15) is 4.79 Å². The lowest BCUT2D eigenvalue weighted by Crippen LogP contribution is -2.51. The molecule has 0 aromatic carbocycles. The predicted molar refractivity (Wildman–Crippen MR) is 70.7 cm³/mol. The first-order chi connectivity index (χ1) is 8.66. The highest BCUT2D eigenvalue weighted by molar-refractivity contribution is 5.73. The lowest BCUT2D eigenvalue weighted by molar-refractivity contribution is 0.0619. The third-order valence-corrected chi connectivity index (χ3v) is 3.78. The van der Waals surface area contributed by atoms with E-state index in [1.165, 1.54) is 6.42 Å². The molecular weight excluding hydrogens is 230 g/mol. The van der Waals surface area contributed by atoms with E-state index in [2.05, 4.69) is 5.32 Å². The molecule has 2 aliphatic rings. The Hall–Kier alpha value is -0.810. The summed E-state index contributed by atoms with van der Waals surface area (Å²) < 4.78 is 5.48. The highest BCUT2D eigenvalue weighted by atomic mass is 16.5. The topological polar surface area (TPSA) is 44.8 Å². The summed E-state index contributed by atoms with van der Waals surface area (Å²) in [6, 6.07) is 1.19. The summed E-state index contributed by atoms with van der Waals surface area (Å²) in [7, 11) is 3.62. The van der Waals surface area contributed by atoms with Crippen molar-refractivity contribution in [2.24, 2.45) is 0 Å². The van der Waals surface area contributed by atoms with Gasteiger partial charge in [-0.3, -0.25) is 0 Å². The van der Waals surface area contributed by atoms with Gasteiger partial charge in [-0.05, 0) is 25.7 Å². The molecule has 0 saturated carbocycles. The Morgan fingerprint density at radius 2 is 1.94 bits per heavy atom. The van der Waals surface area contributed by atoms with Crippen molar-refractivity contribution >= 4 is 6.03 Å². The first-order valence-electron chi connectivity index (χ1n) is 6.97. The van der Waals surface area contributed by atoms with Crippen LogP contribution >= 0.6 is 0 Å². The van der Waals surface area contributed by atoms with E-state index in [0.29, 0.717) is 12.1 Å². The normalized spacial score (nSPS) is 26.1. The Morgan fingerprint density at radius 3 is 2.50 bits per heavy atom. The minimum Gasteiger partial charge on any atom is -0.380 e. The first-order valence-corrected chi connectivity index (χ1v) is 6.97. The maximum atomic E-state index is 11.8. The Balaban J connectivity index is 1.71. The summed E-state index contributed by atoms with van der Waals surface area (Å²) in [5, 5.41) is 3.67. The van der Waals surface area contributed by atoms with Crippen LogP contribution in [-0.4, -0.2) is 68.3 Å². The molecule has 2 rings (SSSR count). The fourth-order valence-electron chi connectivity index (χ4n) is 2.73. The van der Waals surface area contributed by atoms with Gasteiger partial charge in [0.2, 0.25) is 0 Å². The van der Waals surface area contributed by atoms with Gasteiger partial charge in [-0.2, -0.15) is 0 Å². The number of carbonyl (C=O) groups excluding carboxylic acids is 1. The minimum atomic E-state index is 0.134. The van der Waals surface area contributed by atoms with Gasteiger partial charge in [0.1, 0.15) is 0 Å². The summed E-state index contributed by atoms with van der Waals surface area (Å²) in [5.41, 5.74) is 0. The Labute approximate surface area is 109 Å². The van der Waals surface area contributed by atoms with Crippen molar-refractivity contribution in [3.05, 3.63) is 0 Å². The third-order valence-electron chi connectivity index (χ3n) is 3.78. The van der Waals surface area contributed by atoms with E-state index < -0.39 is 0 Å². The van der Waals surface area contributed by atoms with Gasteiger partial charge in [-0.15, -0.1) is 0 Å². The maximum absolute atomic E-state index is 11.8. The molecule has 1 atom stereocenters. The number of nitrogens with one attached hydrogen (secondary N) is 1. The van der Waals surface area contributed by atoms with Crippen LogP contribution in [0.25, 0.3) is 0 Å². The summed E-state index contributed by atoms with van der Waals surface area (Å²) in [6.07, 6.45) is 4.48. The largest absolute Gasteiger partial charge is 0.380 e. The quantitative estimate of drug-likeness (QED) is 0.797. The molecule has 0 aromatic heterocycles. The van der Waals surface area contributed by atoms with Crippen molar-refractivity contribution < 1.29 is 9.53 Å². The van der Waals surface area contributed by atoms with Crippen LogP contribution in [0.1, 0.15) is 25.7 Å². The highest BCUT2D eigenvalue weighted by Gasteiger charge is 2.25. The molecule has 0 radical (unpaired) electrons. The van der Waals surface area contributed by atoms with Crippen LogP contribution in [0.4, 0.5) is 4.79 Å². The van der Waals surface area contributed by atoms with E-state index in [1.54, 1.807) is 4.90 Å². The van der Waals surface area contributed by atoms with E-state index in [0.717, 1.165) is 45.6 Å². The molecule has 0 aliphatic carbocycles. The van der Waals surface area contributed by atoms with Crippen molar-refractivity contribution in [3.8, 4) is 0 Å². The zero-order valence-electron chi connectivity index (χ0n) is 11.5. The van der Waals surface area contributed by atoms with Gasteiger partial charge in [0.25, 0.3) is 0 Å². The molecule has 5 nitrogen and oxygen atoms in total. The number of hydrogen-bond acceptors (Lipinski definition) is 3. The second-order valence-corrected chi connectivity index (χ2v) is 5.52. The standard InChI is InChI=1S/C13H25N3O2/c1-15(2)13(17)16-7-5-11(6-8-16)14-12-4-3-9-18-10-12/h11-12,14H,3-10H2,1-2H3. The number of urea groups is 1. The van der Waals surface area contributed by atoms with E-state index >= 15 is 0 Å². The molecule has 2 aliphatic heterocycles. The molecule has 0 aromatic rings. The zero-order valence-corrected chi connectivity index (χ0v) is 11.5. The monoisotopic (exact) mass is 255 g/mol. The molecule has 0 bridgehead atoms. The van der Waals surface area contributed by atoms with Gasteiger partial charge >= 0.3 is 6.03 Å². The van der Waals surface area contributed by atoms with Crippen molar-refractivity contribution in [1.29, 1.82) is 0 Å². The molecule has 18 heavy (non-hydrogen) atoms. The minimum absolute atomic E-state index is 0.134. The second-order valence-electron chi connectivity index (χ2n) is 5.52. The third kappa shape index (κ3) is 3.59. The number of rotatable bonds is 2. The average Bonchev–Trinajstić information content (AvgIpc) is 2.40. The number of carbonyl (C=O) groups is 1. The van der Waals surface area contributed by atoms with Crippen LogP contribution in [0.2, 0.25) is 0 Å². The van der Waals surface area contributed by atoms with Gasteiger partial charge in [-0.1, -0.05) is 0 Å². The van der Waals surface area contributed by atoms with Crippen LogP contribution in [0.5, 0.6) is 0 Å². The lowest BCUT2D eigenvalue weighted by atomic mass is 10.0. The number of nitrogens with zero attached hydrogens (tertiary/aromatic N) is 2. The van der Waals surface area contributed by atoms with Crippen LogP contribution in [-0.2, 0) is 4.74 Å². The van der Waals surface area contributed by atoms with Gasteiger partial charge in [-0.25, -0.2) is 4.79 Å². The molecule has 2 fully saturated rings. The number of amides is 2. The Morgan fingerprint density at radius 1 is 1.22 bits per heavy atom. The SMILES string of the molecule is CN(C)C(=O)N1CCC(NC2CCCOC2)CC1. The Bertz CT molecular complexity index is 269. The van der Waals surface area contributed by atoms with Crippen LogP contribution in [0, 0.1) is 0 Å². The number of ether oxygens (including phenoxy) is 1. The fraction of sp³-hybridized carbons (Fsp3) is 0.923. The summed E-state index contributed by atoms with van der Waals surface area (Å²) >= 11 is 0. The summed E-state index contributed by atoms with van der Waals surface area (Å²) in [4.78, 5) is 15.4. The smallest absolute Gasteiger partial charge is 0.319 e. The van der Waals surface area contributed by atoms with Gasteiger partial charge in [0.15, 0.2) is 0 Å². The fourth-order valence-corrected chi connectivity index (χ4v) is 2.73. The molecule has 5 heteroatoms. The number of piperidine rings is 1. The highest BCUT2D eigenvalue weighted by Crippen LogP contribution is 2.14. The summed E-state index contributed by atoms with van der Waals surface area (Å²) in [5.74, 6) is 0. The molecule has 0 spiro atoms. The number of likely N-dealkylation sites (tertiary alicyclic amines) is 1. The maximum Gasteiger partial charge on any atom is 0.319 e.